The van der Waals surface area contributed by atoms with Crippen molar-refractivity contribution in [3.63, 3.8) is 0 Å². The van der Waals surface area contributed by atoms with Gasteiger partial charge in [-0.1, -0.05) is 42.5 Å². The molecule has 0 radical (unpaired) electrons. The first-order valence-corrected chi connectivity index (χ1v) is 8.78. The Kier molecular flexibility index (Phi) is 5.87. The molecule has 23 heavy (non-hydrogen) atoms. The average molecular weight is 336 g/mol. The lowest BCUT2D eigenvalue weighted by Crippen LogP contribution is -2.36. The van der Waals surface area contributed by atoms with Crippen molar-refractivity contribution < 1.29 is 12.8 Å². The fourth-order valence-electron chi connectivity index (χ4n) is 2.18. The highest BCUT2D eigenvalue weighted by Crippen LogP contribution is 2.21. The molecular weight excluding hydrogens is 315 g/mol. The lowest BCUT2D eigenvalue weighted by Gasteiger charge is -2.24. The zero-order valence-electron chi connectivity index (χ0n) is 13.3. The number of likely N-dealkylation sites (N-methyl/N-ethyl adjacent to an activating group) is 1. The van der Waals surface area contributed by atoms with E-state index in [2.05, 4.69) is 0 Å². The summed E-state index contributed by atoms with van der Waals surface area (Å²) in [4.78, 5) is 1.61. The van der Waals surface area contributed by atoms with Crippen LogP contribution in [0.5, 0.6) is 0 Å². The van der Waals surface area contributed by atoms with E-state index in [9.17, 15) is 12.8 Å². The topological polar surface area (TPSA) is 40.6 Å². The highest BCUT2D eigenvalue weighted by Gasteiger charge is 2.27. The molecule has 0 spiro atoms. The summed E-state index contributed by atoms with van der Waals surface area (Å²) in [5.41, 5.74) is 0.867. The van der Waals surface area contributed by atoms with Crippen molar-refractivity contribution in [1.82, 2.24) is 9.21 Å². The summed E-state index contributed by atoms with van der Waals surface area (Å²) in [5.74, 6) is -0.726. The second-order valence-electron chi connectivity index (χ2n) is 5.56. The summed E-state index contributed by atoms with van der Waals surface area (Å²) in [6, 6.07) is 14.8. The number of rotatable bonds is 7. The Balaban J connectivity index is 2.34. The Morgan fingerprint density at radius 2 is 1.52 bits per heavy atom. The Hall–Kier alpha value is -1.76. The number of sulfonamides is 1. The molecule has 0 aliphatic rings. The lowest BCUT2D eigenvalue weighted by atomic mass is 10.2. The SMILES string of the molecule is CN(C)CCN(Cc1ccccc1)S(=O)(=O)c1ccccc1F. The van der Waals surface area contributed by atoms with Crippen LogP contribution in [0.4, 0.5) is 4.39 Å². The largest absolute Gasteiger partial charge is 0.308 e. The molecule has 0 heterocycles. The Morgan fingerprint density at radius 3 is 2.13 bits per heavy atom. The molecular formula is C17H21FN2O2S. The third kappa shape index (κ3) is 4.60. The predicted molar refractivity (Wildman–Crippen MR) is 89.0 cm³/mol. The van der Waals surface area contributed by atoms with Gasteiger partial charge in [0.05, 0.1) is 0 Å². The Morgan fingerprint density at radius 1 is 0.913 bits per heavy atom. The van der Waals surface area contributed by atoms with Crippen LogP contribution >= 0.6 is 0 Å². The van der Waals surface area contributed by atoms with Crippen molar-refractivity contribution >= 4 is 10.0 Å². The van der Waals surface area contributed by atoms with Crippen LogP contribution in [-0.2, 0) is 16.6 Å². The van der Waals surface area contributed by atoms with Gasteiger partial charge in [0.1, 0.15) is 10.7 Å². The number of hydrogen-bond donors (Lipinski definition) is 0. The number of hydrogen-bond acceptors (Lipinski definition) is 3. The van der Waals surface area contributed by atoms with Gasteiger partial charge in [-0.05, 0) is 31.8 Å². The minimum absolute atomic E-state index is 0.214. The second kappa shape index (κ2) is 7.68. The third-order valence-corrected chi connectivity index (χ3v) is 5.33. The van der Waals surface area contributed by atoms with E-state index < -0.39 is 15.8 Å². The quantitative estimate of drug-likeness (QED) is 0.780. The number of benzene rings is 2. The van der Waals surface area contributed by atoms with Gasteiger partial charge in [0.2, 0.25) is 10.0 Å². The minimum Gasteiger partial charge on any atom is -0.308 e. The summed E-state index contributed by atoms with van der Waals surface area (Å²) in [7, 11) is -0.151. The third-order valence-electron chi connectivity index (χ3n) is 3.45. The maximum atomic E-state index is 14.0. The van der Waals surface area contributed by atoms with E-state index in [1.165, 1.54) is 28.6 Å². The van der Waals surface area contributed by atoms with E-state index in [1.807, 2.05) is 49.3 Å². The van der Waals surface area contributed by atoms with Gasteiger partial charge in [0.25, 0.3) is 0 Å². The van der Waals surface area contributed by atoms with Crippen molar-refractivity contribution in [2.75, 3.05) is 27.2 Å². The molecule has 2 rings (SSSR count). The maximum absolute atomic E-state index is 14.0. The normalized spacial score (nSPS) is 12.0. The summed E-state index contributed by atoms with van der Waals surface area (Å²) >= 11 is 0. The van der Waals surface area contributed by atoms with E-state index >= 15 is 0 Å². The van der Waals surface area contributed by atoms with Crippen LogP contribution in [0.25, 0.3) is 0 Å². The molecule has 0 unspecified atom stereocenters. The van der Waals surface area contributed by atoms with Crippen molar-refractivity contribution in [3.8, 4) is 0 Å². The van der Waals surface area contributed by atoms with Crippen LogP contribution in [0.2, 0.25) is 0 Å². The monoisotopic (exact) mass is 336 g/mol. The summed E-state index contributed by atoms with van der Waals surface area (Å²) < 4.78 is 41.0. The molecule has 0 bridgehead atoms. The molecule has 0 aliphatic carbocycles. The van der Waals surface area contributed by atoms with Gasteiger partial charge in [0.15, 0.2) is 0 Å². The molecule has 0 saturated heterocycles. The smallest absolute Gasteiger partial charge is 0.246 e. The first-order chi connectivity index (χ1) is 10.9. The molecule has 0 aliphatic heterocycles. The van der Waals surface area contributed by atoms with Gasteiger partial charge in [-0.25, -0.2) is 12.8 Å². The molecule has 2 aromatic carbocycles. The van der Waals surface area contributed by atoms with Gasteiger partial charge in [-0.3, -0.25) is 0 Å². The van der Waals surface area contributed by atoms with Gasteiger partial charge in [-0.15, -0.1) is 0 Å². The summed E-state index contributed by atoms with van der Waals surface area (Å²) in [6.07, 6.45) is 0. The van der Waals surface area contributed by atoms with E-state index in [1.54, 1.807) is 0 Å². The van der Waals surface area contributed by atoms with Crippen LogP contribution in [0, 0.1) is 5.82 Å². The van der Waals surface area contributed by atoms with E-state index in [-0.39, 0.29) is 11.4 Å². The van der Waals surface area contributed by atoms with Crippen molar-refractivity contribution in [1.29, 1.82) is 0 Å². The molecule has 0 saturated carbocycles. The maximum Gasteiger partial charge on any atom is 0.246 e. The highest BCUT2D eigenvalue weighted by atomic mass is 32.2. The first kappa shape index (κ1) is 17.6. The summed E-state index contributed by atoms with van der Waals surface area (Å²) in [5, 5.41) is 0. The van der Waals surface area contributed by atoms with Crippen LogP contribution in [-0.4, -0.2) is 44.8 Å². The van der Waals surface area contributed by atoms with Crippen molar-refractivity contribution in [3.05, 3.63) is 66.0 Å². The lowest BCUT2D eigenvalue weighted by molar-refractivity contribution is 0.328. The van der Waals surface area contributed by atoms with Gasteiger partial charge < -0.3 is 4.90 Å². The van der Waals surface area contributed by atoms with E-state index in [0.717, 1.165) is 5.56 Å². The number of nitrogens with zero attached hydrogens (tertiary/aromatic N) is 2. The second-order valence-corrected chi connectivity index (χ2v) is 7.46. The van der Waals surface area contributed by atoms with Crippen molar-refractivity contribution in [2.24, 2.45) is 0 Å². The first-order valence-electron chi connectivity index (χ1n) is 7.34. The molecule has 0 N–H and O–H groups in total. The van der Waals surface area contributed by atoms with Crippen LogP contribution < -0.4 is 0 Å². The molecule has 0 amide bonds. The molecule has 0 atom stereocenters. The zero-order chi connectivity index (χ0) is 16.9. The Bertz CT molecular complexity index is 733. The van der Waals surface area contributed by atoms with Gasteiger partial charge in [0, 0.05) is 19.6 Å². The molecule has 0 fully saturated rings. The zero-order valence-corrected chi connectivity index (χ0v) is 14.1. The summed E-state index contributed by atoms with van der Waals surface area (Å²) in [6.45, 7) is 1.06. The molecule has 124 valence electrons. The average Bonchev–Trinajstić information content (AvgIpc) is 2.52. The fraction of sp³-hybridized carbons (Fsp3) is 0.294. The van der Waals surface area contributed by atoms with Gasteiger partial charge in [-0.2, -0.15) is 4.31 Å². The standard InChI is InChI=1S/C17H21FN2O2S/c1-19(2)12-13-20(14-15-8-4-3-5-9-15)23(21,22)17-11-7-6-10-16(17)18/h3-11H,12-14H2,1-2H3. The van der Waals surface area contributed by atoms with Gasteiger partial charge >= 0.3 is 0 Å². The van der Waals surface area contributed by atoms with Crippen LogP contribution in [0.3, 0.4) is 0 Å². The fourth-order valence-corrected chi connectivity index (χ4v) is 3.66. The molecule has 2 aromatic rings. The van der Waals surface area contributed by atoms with Crippen LogP contribution in [0.15, 0.2) is 59.5 Å². The predicted octanol–water partition coefficient (Wildman–Crippen LogP) is 2.58. The molecule has 0 aromatic heterocycles. The molecule has 6 heteroatoms. The minimum atomic E-state index is -3.89. The highest BCUT2D eigenvalue weighted by molar-refractivity contribution is 7.89. The van der Waals surface area contributed by atoms with Crippen molar-refractivity contribution in [2.45, 2.75) is 11.4 Å². The van der Waals surface area contributed by atoms with Crippen LogP contribution in [0.1, 0.15) is 5.56 Å². The molecule has 4 nitrogen and oxygen atoms in total. The number of halogens is 1. The van der Waals surface area contributed by atoms with E-state index in [4.69, 9.17) is 0 Å². The van der Waals surface area contributed by atoms with E-state index in [0.29, 0.717) is 13.1 Å². The Labute approximate surface area is 137 Å².